The minimum atomic E-state index is -0.0902. The Morgan fingerprint density at radius 2 is 2.16 bits per heavy atom. The first kappa shape index (κ1) is 13.1. The van der Waals surface area contributed by atoms with E-state index in [0.717, 1.165) is 18.5 Å². The molecule has 0 radical (unpaired) electrons. The molecule has 2 aromatic rings. The van der Waals surface area contributed by atoms with Crippen LogP contribution in [-0.2, 0) is 13.0 Å². The highest BCUT2D eigenvalue weighted by atomic mass is 16.1. The highest BCUT2D eigenvalue weighted by Crippen LogP contribution is 2.10. The summed E-state index contributed by atoms with van der Waals surface area (Å²) in [5.74, 6) is -0.0902. The summed E-state index contributed by atoms with van der Waals surface area (Å²) < 4.78 is 1.84. The Hall–Kier alpha value is -2.30. The molecule has 0 fully saturated rings. The number of aryl methyl sites for hydroxylation is 1. The highest BCUT2D eigenvalue weighted by Gasteiger charge is 2.11. The van der Waals surface area contributed by atoms with Gasteiger partial charge in [0.05, 0.1) is 5.69 Å². The molecule has 0 atom stereocenters. The lowest BCUT2D eigenvalue weighted by Gasteiger charge is -2.07. The van der Waals surface area contributed by atoms with E-state index in [1.807, 2.05) is 23.6 Å². The van der Waals surface area contributed by atoms with E-state index in [4.69, 9.17) is 5.73 Å². The summed E-state index contributed by atoms with van der Waals surface area (Å²) in [7, 11) is 0. The molecule has 0 aliphatic rings. The van der Waals surface area contributed by atoms with Crippen molar-refractivity contribution >= 4 is 11.6 Å². The van der Waals surface area contributed by atoms with Crippen LogP contribution in [-0.4, -0.2) is 22.0 Å². The molecule has 1 amide bonds. The Kier molecular flexibility index (Phi) is 4.18. The number of nitrogens with one attached hydrogen (secondary N) is 1. The standard InChI is InChI=1S/C14H18N4O/c1-2-18-10-12(15)9-13(18)14(19)17-8-5-11-3-6-16-7-4-11/h3-4,6-7,9-10H,2,5,8,15H2,1H3,(H,17,19). The minimum absolute atomic E-state index is 0.0902. The Morgan fingerprint density at radius 1 is 1.42 bits per heavy atom. The van der Waals surface area contributed by atoms with E-state index in [1.165, 1.54) is 0 Å². The summed E-state index contributed by atoms with van der Waals surface area (Å²) in [6.07, 6.45) is 6.06. The van der Waals surface area contributed by atoms with Gasteiger partial charge in [0, 0.05) is 31.7 Å². The van der Waals surface area contributed by atoms with Gasteiger partial charge >= 0.3 is 0 Å². The van der Waals surface area contributed by atoms with Crippen molar-refractivity contribution in [2.75, 3.05) is 12.3 Å². The van der Waals surface area contributed by atoms with Crippen molar-refractivity contribution in [2.45, 2.75) is 19.9 Å². The second-order valence-corrected chi connectivity index (χ2v) is 4.31. The first-order valence-corrected chi connectivity index (χ1v) is 6.33. The van der Waals surface area contributed by atoms with E-state index in [2.05, 4.69) is 10.3 Å². The summed E-state index contributed by atoms with van der Waals surface area (Å²) in [4.78, 5) is 16.0. The van der Waals surface area contributed by atoms with E-state index in [9.17, 15) is 4.79 Å². The number of carbonyl (C=O) groups is 1. The third-order valence-electron chi connectivity index (χ3n) is 2.94. The summed E-state index contributed by atoms with van der Waals surface area (Å²) in [5, 5.41) is 2.90. The molecule has 0 spiro atoms. The molecule has 2 heterocycles. The van der Waals surface area contributed by atoms with Gasteiger partial charge in [0.25, 0.3) is 5.91 Å². The van der Waals surface area contributed by atoms with Gasteiger partial charge in [-0.15, -0.1) is 0 Å². The predicted molar refractivity (Wildman–Crippen MR) is 74.8 cm³/mol. The zero-order chi connectivity index (χ0) is 13.7. The second-order valence-electron chi connectivity index (χ2n) is 4.31. The molecule has 0 aromatic carbocycles. The lowest BCUT2D eigenvalue weighted by Crippen LogP contribution is -2.27. The first-order valence-electron chi connectivity index (χ1n) is 6.33. The monoisotopic (exact) mass is 258 g/mol. The molecule has 0 saturated carbocycles. The molecule has 2 aromatic heterocycles. The molecule has 19 heavy (non-hydrogen) atoms. The zero-order valence-electron chi connectivity index (χ0n) is 11.0. The van der Waals surface area contributed by atoms with Crippen molar-refractivity contribution in [2.24, 2.45) is 0 Å². The fraction of sp³-hybridized carbons (Fsp3) is 0.286. The molecule has 100 valence electrons. The maximum atomic E-state index is 12.0. The van der Waals surface area contributed by atoms with E-state index in [0.29, 0.717) is 17.9 Å². The van der Waals surface area contributed by atoms with Crippen molar-refractivity contribution in [1.82, 2.24) is 14.9 Å². The van der Waals surface area contributed by atoms with Crippen LogP contribution in [0.5, 0.6) is 0 Å². The van der Waals surface area contributed by atoms with Crippen LogP contribution < -0.4 is 11.1 Å². The van der Waals surface area contributed by atoms with Crippen LogP contribution in [0.4, 0.5) is 5.69 Å². The number of pyridine rings is 1. The lowest BCUT2D eigenvalue weighted by molar-refractivity contribution is 0.0945. The number of aromatic nitrogens is 2. The molecule has 0 unspecified atom stereocenters. The SMILES string of the molecule is CCn1cc(N)cc1C(=O)NCCc1ccncc1. The number of nitrogens with zero attached hydrogens (tertiary/aromatic N) is 2. The summed E-state index contributed by atoms with van der Waals surface area (Å²) in [6, 6.07) is 5.59. The molecule has 5 nitrogen and oxygen atoms in total. The maximum absolute atomic E-state index is 12.0. The number of carbonyl (C=O) groups excluding carboxylic acids is 1. The molecule has 2 rings (SSSR count). The van der Waals surface area contributed by atoms with Gasteiger partial charge < -0.3 is 15.6 Å². The van der Waals surface area contributed by atoms with E-state index in [1.54, 1.807) is 24.7 Å². The Balaban J connectivity index is 1.91. The molecule has 0 saturated heterocycles. The highest BCUT2D eigenvalue weighted by molar-refractivity contribution is 5.93. The number of anilines is 1. The van der Waals surface area contributed by atoms with Crippen molar-refractivity contribution in [3.05, 3.63) is 48.0 Å². The van der Waals surface area contributed by atoms with Crippen molar-refractivity contribution in [1.29, 1.82) is 0 Å². The van der Waals surface area contributed by atoms with Gasteiger partial charge in [-0.25, -0.2) is 0 Å². The molecular weight excluding hydrogens is 240 g/mol. The third-order valence-corrected chi connectivity index (χ3v) is 2.94. The zero-order valence-corrected chi connectivity index (χ0v) is 11.0. The van der Waals surface area contributed by atoms with Gasteiger partial charge in [0.1, 0.15) is 5.69 Å². The van der Waals surface area contributed by atoms with Crippen LogP contribution in [0.15, 0.2) is 36.8 Å². The Labute approximate surface area is 112 Å². The second kappa shape index (κ2) is 6.04. The van der Waals surface area contributed by atoms with Crippen molar-refractivity contribution < 1.29 is 4.79 Å². The van der Waals surface area contributed by atoms with Gasteiger partial charge in [0.15, 0.2) is 0 Å². The molecule has 3 N–H and O–H groups in total. The number of hydrogen-bond acceptors (Lipinski definition) is 3. The first-order chi connectivity index (χ1) is 9.20. The number of amides is 1. The summed E-state index contributed by atoms with van der Waals surface area (Å²) >= 11 is 0. The third kappa shape index (κ3) is 3.34. The van der Waals surface area contributed by atoms with Crippen LogP contribution in [0.25, 0.3) is 0 Å². The maximum Gasteiger partial charge on any atom is 0.267 e. The molecule has 0 bridgehead atoms. The van der Waals surface area contributed by atoms with Crippen LogP contribution in [0.2, 0.25) is 0 Å². The van der Waals surface area contributed by atoms with E-state index in [-0.39, 0.29) is 5.91 Å². The average Bonchev–Trinajstić information content (AvgIpc) is 2.81. The smallest absolute Gasteiger partial charge is 0.267 e. The number of hydrogen-bond donors (Lipinski definition) is 2. The van der Waals surface area contributed by atoms with E-state index >= 15 is 0 Å². The quantitative estimate of drug-likeness (QED) is 0.852. The minimum Gasteiger partial charge on any atom is -0.397 e. The Bertz CT molecular complexity index is 548. The van der Waals surface area contributed by atoms with Gasteiger partial charge in [-0.2, -0.15) is 0 Å². The number of nitrogen functional groups attached to an aromatic ring is 1. The van der Waals surface area contributed by atoms with Gasteiger partial charge in [-0.05, 0) is 37.1 Å². The van der Waals surface area contributed by atoms with Gasteiger partial charge in [-0.1, -0.05) is 0 Å². The van der Waals surface area contributed by atoms with Crippen LogP contribution >= 0.6 is 0 Å². The van der Waals surface area contributed by atoms with Crippen molar-refractivity contribution in [3.63, 3.8) is 0 Å². The average molecular weight is 258 g/mol. The number of nitrogens with two attached hydrogens (primary N) is 1. The molecule has 0 aliphatic heterocycles. The van der Waals surface area contributed by atoms with Gasteiger partial charge in [0.2, 0.25) is 0 Å². The molecule has 5 heteroatoms. The fourth-order valence-electron chi connectivity index (χ4n) is 1.95. The van der Waals surface area contributed by atoms with Crippen LogP contribution in [0.1, 0.15) is 23.0 Å². The lowest BCUT2D eigenvalue weighted by atomic mass is 10.2. The topological polar surface area (TPSA) is 72.9 Å². The molecule has 0 aliphatic carbocycles. The fourth-order valence-corrected chi connectivity index (χ4v) is 1.95. The van der Waals surface area contributed by atoms with E-state index < -0.39 is 0 Å². The van der Waals surface area contributed by atoms with Crippen LogP contribution in [0.3, 0.4) is 0 Å². The summed E-state index contributed by atoms with van der Waals surface area (Å²) in [5.41, 5.74) is 8.08. The normalized spacial score (nSPS) is 10.4. The van der Waals surface area contributed by atoms with Crippen molar-refractivity contribution in [3.8, 4) is 0 Å². The number of rotatable bonds is 5. The Morgan fingerprint density at radius 3 is 2.84 bits per heavy atom. The predicted octanol–water partition coefficient (Wildman–Crippen LogP) is 1.46. The molecular formula is C14H18N4O. The van der Waals surface area contributed by atoms with Crippen LogP contribution in [0, 0.1) is 0 Å². The largest absolute Gasteiger partial charge is 0.397 e. The summed E-state index contributed by atoms with van der Waals surface area (Å²) in [6.45, 7) is 3.30. The van der Waals surface area contributed by atoms with Gasteiger partial charge in [-0.3, -0.25) is 9.78 Å².